The van der Waals surface area contributed by atoms with E-state index in [1.165, 1.54) is 12.8 Å². The van der Waals surface area contributed by atoms with Gasteiger partial charge in [0.2, 0.25) is 5.79 Å². The zero-order valence-electron chi connectivity index (χ0n) is 13.7. The minimum absolute atomic E-state index is 0. The van der Waals surface area contributed by atoms with E-state index < -0.39 is 5.79 Å². The smallest absolute Gasteiger partial charge is 0.222 e. The van der Waals surface area contributed by atoms with Crippen LogP contribution in [0.2, 0.25) is 0 Å². The fraction of sp³-hybridized carbons (Fsp3) is 0.400. The third-order valence-corrected chi connectivity index (χ3v) is 4.87. The van der Waals surface area contributed by atoms with Gasteiger partial charge in [0.25, 0.3) is 0 Å². The summed E-state index contributed by atoms with van der Waals surface area (Å²) < 4.78 is 12.9. The van der Waals surface area contributed by atoms with Crippen LogP contribution in [-0.2, 0) is 15.3 Å². The van der Waals surface area contributed by atoms with Gasteiger partial charge in [-0.05, 0) is 19.4 Å². The molecule has 0 spiro atoms. The number of halogens is 1. The highest BCUT2D eigenvalue weighted by Gasteiger charge is 2.47. The predicted octanol–water partition coefficient (Wildman–Crippen LogP) is 3.87. The van der Waals surface area contributed by atoms with Crippen LogP contribution in [-0.4, -0.2) is 25.3 Å². The van der Waals surface area contributed by atoms with Crippen LogP contribution in [0.1, 0.15) is 30.4 Å². The highest BCUT2D eigenvalue weighted by molar-refractivity contribution is 5.85. The van der Waals surface area contributed by atoms with Crippen molar-refractivity contribution >= 4 is 12.4 Å². The van der Waals surface area contributed by atoms with Crippen LogP contribution in [0.5, 0.6) is 0 Å². The lowest BCUT2D eigenvalue weighted by molar-refractivity contribution is -0.146. The highest BCUT2D eigenvalue weighted by atomic mass is 35.5. The van der Waals surface area contributed by atoms with E-state index in [-0.39, 0.29) is 18.5 Å². The first-order chi connectivity index (χ1) is 11.4. The van der Waals surface area contributed by atoms with E-state index in [1.54, 1.807) is 0 Å². The molecule has 2 atom stereocenters. The fourth-order valence-electron chi connectivity index (χ4n) is 3.66. The Morgan fingerprint density at radius 2 is 1.50 bits per heavy atom. The Balaban J connectivity index is 0.00000169. The Morgan fingerprint density at radius 3 is 2.04 bits per heavy atom. The summed E-state index contributed by atoms with van der Waals surface area (Å²) in [6.45, 7) is 1.70. The molecule has 3 nitrogen and oxygen atoms in total. The van der Waals surface area contributed by atoms with Crippen LogP contribution in [0.3, 0.4) is 0 Å². The van der Waals surface area contributed by atoms with E-state index in [0.29, 0.717) is 12.6 Å². The number of benzene rings is 2. The number of ether oxygens (including phenoxy) is 2. The molecule has 2 aliphatic rings. The molecule has 0 aliphatic carbocycles. The molecule has 2 aromatic rings. The largest absolute Gasteiger partial charge is 0.339 e. The first kappa shape index (κ1) is 17.4. The van der Waals surface area contributed by atoms with Crippen LogP contribution in [0.15, 0.2) is 60.7 Å². The summed E-state index contributed by atoms with van der Waals surface area (Å²) in [5.41, 5.74) is 2.12. The van der Waals surface area contributed by atoms with Gasteiger partial charge in [-0.25, -0.2) is 0 Å². The molecule has 2 fully saturated rings. The number of rotatable bonds is 3. The minimum Gasteiger partial charge on any atom is -0.339 e. The van der Waals surface area contributed by atoms with Crippen LogP contribution in [0.4, 0.5) is 0 Å². The van der Waals surface area contributed by atoms with Crippen molar-refractivity contribution in [3.8, 4) is 0 Å². The summed E-state index contributed by atoms with van der Waals surface area (Å²) in [6, 6.07) is 20.9. The second-order valence-electron chi connectivity index (χ2n) is 6.37. The molecule has 1 unspecified atom stereocenters. The van der Waals surface area contributed by atoms with E-state index in [2.05, 4.69) is 29.6 Å². The van der Waals surface area contributed by atoms with Crippen molar-refractivity contribution in [2.24, 2.45) is 0 Å². The first-order valence-corrected chi connectivity index (χ1v) is 8.55. The standard InChI is InChI=1S/C20H23NO2.ClH/c1-3-9-16(10-4-1)20(17-11-5-2-6-12-17)22-15-19(23-20)18-13-7-8-14-21-18;/h1-6,9-12,18-19,21H,7-8,13-15H2;1H/t18-,19?;/m0./s1. The van der Waals surface area contributed by atoms with Crippen molar-refractivity contribution in [2.45, 2.75) is 37.2 Å². The maximum atomic E-state index is 6.58. The van der Waals surface area contributed by atoms with Gasteiger partial charge < -0.3 is 14.8 Å². The molecule has 4 rings (SSSR count). The van der Waals surface area contributed by atoms with Gasteiger partial charge in [0, 0.05) is 17.2 Å². The average Bonchev–Trinajstić information content (AvgIpc) is 3.11. The summed E-state index contributed by atoms with van der Waals surface area (Å²) in [7, 11) is 0. The van der Waals surface area contributed by atoms with Gasteiger partial charge >= 0.3 is 0 Å². The Morgan fingerprint density at radius 1 is 0.875 bits per heavy atom. The maximum absolute atomic E-state index is 6.58. The van der Waals surface area contributed by atoms with E-state index >= 15 is 0 Å². The lowest BCUT2D eigenvalue weighted by Crippen LogP contribution is -2.45. The summed E-state index contributed by atoms with van der Waals surface area (Å²) in [5, 5.41) is 3.60. The molecule has 128 valence electrons. The van der Waals surface area contributed by atoms with Gasteiger partial charge in [-0.1, -0.05) is 67.1 Å². The molecule has 2 aliphatic heterocycles. The molecule has 0 bridgehead atoms. The minimum atomic E-state index is -0.785. The maximum Gasteiger partial charge on any atom is 0.222 e. The molecule has 2 heterocycles. The molecular formula is C20H24ClNO2. The predicted molar refractivity (Wildman–Crippen MR) is 97.4 cm³/mol. The van der Waals surface area contributed by atoms with Gasteiger partial charge in [0.1, 0.15) is 6.10 Å². The van der Waals surface area contributed by atoms with Crippen LogP contribution >= 0.6 is 12.4 Å². The van der Waals surface area contributed by atoms with E-state index in [0.717, 1.165) is 24.1 Å². The van der Waals surface area contributed by atoms with Crippen molar-refractivity contribution in [2.75, 3.05) is 13.2 Å². The zero-order valence-corrected chi connectivity index (χ0v) is 14.5. The highest BCUT2D eigenvalue weighted by Crippen LogP contribution is 2.41. The average molecular weight is 346 g/mol. The Hall–Kier alpha value is -1.39. The molecule has 0 radical (unpaired) electrons. The number of hydrogen-bond acceptors (Lipinski definition) is 3. The first-order valence-electron chi connectivity index (χ1n) is 8.55. The van der Waals surface area contributed by atoms with Crippen molar-refractivity contribution in [3.63, 3.8) is 0 Å². The third-order valence-electron chi connectivity index (χ3n) is 4.87. The van der Waals surface area contributed by atoms with Crippen molar-refractivity contribution in [1.29, 1.82) is 0 Å². The van der Waals surface area contributed by atoms with Gasteiger partial charge in [-0.3, -0.25) is 0 Å². The Labute approximate surface area is 149 Å². The summed E-state index contributed by atoms with van der Waals surface area (Å²) in [6.07, 6.45) is 3.78. The summed E-state index contributed by atoms with van der Waals surface area (Å²) >= 11 is 0. The molecule has 4 heteroatoms. The fourth-order valence-corrected chi connectivity index (χ4v) is 3.66. The quantitative estimate of drug-likeness (QED) is 0.916. The molecule has 0 saturated carbocycles. The molecule has 0 amide bonds. The second-order valence-corrected chi connectivity index (χ2v) is 6.37. The van der Waals surface area contributed by atoms with Gasteiger partial charge in [-0.2, -0.15) is 0 Å². The van der Waals surface area contributed by atoms with Gasteiger partial charge in [-0.15, -0.1) is 12.4 Å². The summed E-state index contributed by atoms with van der Waals surface area (Å²) in [4.78, 5) is 0. The number of nitrogens with one attached hydrogen (secondary N) is 1. The zero-order chi connectivity index (χ0) is 15.5. The van der Waals surface area contributed by atoms with Crippen LogP contribution in [0, 0.1) is 0 Å². The molecule has 0 aromatic heterocycles. The Kier molecular flexibility index (Phi) is 5.57. The van der Waals surface area contributed by atoms with Crippen molar-refractivity contribution in [3.05, 3.63) is 71.8 Å². The molecule has 1 N–H and O–H groups in total. The van der Waals surface area contributed by atoms with Crippen molar-refractivity contribution < 1.29 is 9.47 Å². The SMILES string of the molecule is Cl.c1ccc(C2(c3ccccc3)OCC([C@@H]3CCCCN3)O2)cc1. The van der Waals surface area contributed by atoms with Crippen LogP contribution in [0.25, 0.3) is 0 Å². The molecular weight excluding hydrogens is 322 g/mol. The van der Waals surface area contributed by atoms with Gasteiger partial charge in [0.05, 0.1) is 6.61 Å². The lowest BCUT2D eigenvalue weighted by atomic mass is 9.97. The Bertz CT molecular complexity index is 589. The monoisotopic (exact) mass is 345 g/mol. The molecule has 24 heavy (non-hydrogen) atoms. The second kappa shape index (κ2) is 7.66. The third kappa shape index (κ3) is 3.22. The molecule has 2 aromatic carbocycles. The topological polar surface area (TPSA) is 30.5 Å². The van der Waals surface area contributed by atoms with Gasteiger partial charge in [0.15, 0.2) is 0 Å². The normalized spacial score (nSPS) is 25.8. The summed E-state index contributed by atoms with van der Waals surface area (Å²) in [5.74, 6) is -0.785. The van der Waals surface area contributed by atoms with E-state index in [4.69, 9.17) is 9.47 Å². The van der Waals surface area contributed by atoms with Crippen LogP contribution < -0.4 is 5.32 Å². The van der Waals surface area contributed by atoms with E-state index in [9.17, 15) is 0 Å². The molecule has 2 saturated heterocycles. The lowest BCUT2D eigenvalue weighted by Gasteiger charge is -2.32. The van der Waals surface area contributed by atoms with E-state index in [1.807, 2.05) is 36.4 Å². The number of piperidine rings is 1. The number of hydrogen-bond donors (Lipinski definition) is 1. The van der Waals surface area contributed by atoms with Crippen molar-refractivity contribution in [1.82, 2.24) is 5.32 Å².